The molecule has 1 unspecified atom stereocenters. The quantitative estimate of drug-likeness (QED) is 0.640. The molecule has 0 saturated carbocycles. The molecule has 0 spiro atoms. The summed E-state index contributed by atoms with van der Waals surface area (Å²) in [5.41, 5.74) is 4.70. The third-order valence-electron chi connectivity index (χ3n) is 2.72. The highest BCUT2D eigenvalue weighted by Crippen LogP contribution is 2.23. The molecule has 4 nitrogen and oxygen atoms in total. The third kappa shape index (κ3) is 2.52. The van der Waals surface area contributed by atoms with E-state index in [1.165, 1.54) is 6.07 Å². The number of nitrogens with zero attached hydrogens (tertiary/aromatic N) is 2. The Bertz CT molecular complexity index is 556. The van der Waals surface area contributed by atoms with E-state index >= 15 is 0 Å². The van der Waals surface area contributed by atoms with Crippen molar-refractivity contribution in [3.05, 3.63) is 58.9 Å². The molecule has 5 heteroatoms. The summed E-state index contributed by atoms with van der Waals surface area (Å²) >= 11 is 0. The van der Waals surface area contributed by atoms with Crippen LogP contribution in [0.2, 0.25) is 0 Å². The lowest BCUT2D eigenvalue weighted by atomic mass is 10.0. The predicted molar refractivity (Wildman–Crippen MR) is 67.1 cm³/mol. The summed E-state index contributed by atoms with van der Waals surface area (Å²) in [5, 5.41) is 0. The predicted octanol–water partition coefficient (Wildman–Crippen LogP) is 1.79. The van der Waals surface area contributed by atoms with Gasteiger partial charge in [-0.2, -0.15) is 0 Å². The first-order valence-corrected chi connectivity index (χ1v) is 5.63. The van der Waals surface area contributed by atoms with Crippen molar-refractivity contribution in [3.63, 3.8) is 0 Å². The Labute approximate surface area is 105 Å². The number of aryl methyl sites for hydroxylation is 2. The molecular weight excluding hydrogens is 231 g/mol. The van der Waals surface area contributed by atoms with Gasteiger partial charge < -0.3 is 0 Å². The number of nitrogens with one attached hydrogen (secondary N) is 1. The molecule has 0 aliphatic rings. The lowest BCUT2D eigenvalue weighted by Crippen LogP contribution is -2.30. The van der Waals surface area contributed by atoms with Crippen molar-refractivity contribution in [2.24, 2.45) is 5.84 Å². The Morgan fingerprint density at radius 3 is 2.72 bits per heavy atom. The first kappa shape index (κ1) is 12.6. The Kier molecular flexibility index (Phi) is 3.64. The number of nitrogens with two attached hydrogens (primary N) is 1. The number of aromatic nitrogens is 2. The fourth-order valence-corrected chi connectivity index (χ4v) is 1.85. The first-order valence-electron chi connectivity index (χ1n) is 5.63. The van der Waals surface area contributed by atoms with Crippen LogP contribution in [0.25, 0.3) is 0 Å². The molecule has 0 radical (unpaired) electrons. The molecule has 1 aromatic carbocycles. The van der Waals surface area contributed by atoms with Gasteiger partial charge in [-0.15, -0.1) is 0 Å². The Balaban J connectivity index is 2.48. The van der Waals surface area contributed by atoms with E-state index in [9.17, 15) is 4.39 Å². The van der Waals surface area contributed by atoms with E-state index in [1.807, 2.05) is 6.92 Å². The molecular formula is C13H15FN4. The molecule has 94 valence electrons. The molecule has 0 aliphatic carbocycles. The first-order chi connectivity index (χ1) is 8.61. The largest absolute Gasteiger partial charge is 0.271 e. The number of hydrazine groups is 1. The second-order valence-electron chi connectivity index (χ2n) is 4.15. The minimum absolute atomic E-state index is 0.306. The minimum atomic E-state index is -0.480. The van der Waals surface area contributed by atoms with Gasteiger partial charge in [0.15, 0.2) is 0 Å². The number of hydrogen-bond donors (Lipinski definition) is 2. The van der Waals surface area contributed by atoms with E-state index in [0.29, 0.717) is 17.1 Å². The molecule has 0 bridgehead atoms. The highest BCUT2D eigenvalue weighted by atomic mass is 19.1. The van der Waals surface area contributed by atoms with Crippen LogP contribution in [0, 0.1) is 19.7 Å². The average molecular weight is 246 g/mol. The zero-order valence-electron chi connectivity index (χ0n) is 10.3. The fraction of sp³-hybridized carbons (Fsp3) is 0.231. The summed E-state index contributed by atoms with van der Waals surface area (Å²) in [5.74, 6) is 5.85. The standard InChI is InChI=1S/C13H15FN4/c1-8-3-4-11(14)10(7-8)13(18-15)12-5-6-16-9(2)17-12/h3-7,13,18H,15H2,1-2H3. The molecule has 2 rings (SSSR count). The van der Waals surface area contributed by atoms with Crippen LogP contribution in [-0.4, -0.2) is 9.97 Å². The second kappa shape index (κ2) is 5.20. The van der Waals surface area contributed by atoms with Crippen molar-refractivity contribution in [1.29, 1.82) is 0 Å². The van der Waals surface area contributed by atoms with Crippen LogP contribution in [-0.2, 0) is 0 Å². The molecule has 1 atom stereocenters. The van der Waals surface area contributed by atoms with Crippen LogP contribution in [0.3, 0.4) is 0 Å². The van der Waals surface area contributed by atoms with E-state index in [2.05, 4.69) is 15.4 Å². The summed E-state index contributed by atoms with van der Waals surface area (Å²) in [6.07, 6.45) is 1.63. The number of halogens is 1. The van der Waals surface area contributed by atoms with Crippen molar-refractivity contribution in [2.75, 3.05) is 0 Å². The minimum Gasteiger partial charge on any atom is -0.271 e. The van der Waals surface area contributed by atoms with E-state index in [4.69, 9.17) is 5.84 Å². The topological polar surface area (TPSA) is 63.8 Å². The van der Waals surface area contributed by atoms with Gasteiger partial charge in [0.05, 0.1) is 11.7 Å². The lowest BCUT2D eigenvalue weighted by Gasteiger charge is -2.17. The van der Waals surface area contributed by atoms with Crippen LogP contribution in [0.4, 0.5) is 4.39 Å². The van der Waals surface area contributed by atoms with Gasteiger partial charge >= 0.3 is 0 Å². The molecule has 3 N–H and O–H groups in total. The maximum atomic E-state index is 13.9. The summed E-state index contributed by atoms with van der Waals surface area (Å²) in [4.78, 5) is 8.29. The van der Waals surface area contributed by atoms with Crippen LogP contribution in [0.1, 0.15) is 28.7 Å². The summed E-state index contributed by atoms with van der Waals surface area (Å²) in [6, 6.07) is 6.16. The fourth-order valence-electron chi connectivity index (χ4n) is 1.85. The highest BCUT2D eigenvalue weighted by Gasteiger charge is 2.18. The van der Waals surface area contributed by atoms with Crippen molar-refractivity contribution in [1.82, 2.24) is 15.4 Å². The molecule has 0 saturated heterocycles. The molecule has 1 aromatic heterocycles. The third-order valence-corrected chi connectivity index (χ3v) is 2.72. The molecule has 2 aromatic rings. The lowest BCUT2D eigenvalue weighted by molar-refractivity contribution is 0.551. The molecule has 0 amide bonds. The Morgan fingerprint density at radius 1 is 1.28 bits per heavy atom. The maximum absolute atomic E-state index is 13.9. The van der Waals surface area contributed by atoms with E-state index in [-0.39, 0.29) is 5.82 Å². The smallest absolute Gasteiger partial charge is 0.128 e. The molecule has 0 fully saturated rings. The van der Waals surface area contributed by atoms with Crippen molar-refractivity contribution in [2.45, 2.75) is 19.9 Å². The summed E-state index contributed by atoms with van der Waals surface area (Å²) in [6.45, 7) is 3.69. The van der Waals surface area contributed by atoms with Gasteiger partial charge in [-0.1, -0.05) is 17.7 Å². The SMILES string of the molecule is Cc1ccc(F)c(C(NN)c2ccnc(C)n2)c1. The van der Waals surface area contributed by atoms with Gasteiger partial charge in [-0.25, -0.2) is 19.8 Å². The van der Waals surface area contributed by atoms with E-state index < -0.39 is 6.04 Å². The Morgan fingerprint density at radius 2 is 2.06 bits per heavy atom. The van der Waals surface area contributed by atoms with Gasteiger partial charge in [0, 0.05) is 11.8 Å². The highest BCUT2D eigenvalue weighted by molar-refractivity contribution is 5.32. The maximum Gasteiger partial charge on any atom is 0.128 e. The molecule has 18 heavy (non-hydrogen) atoms. The zero-order chi connectivity index (χ0) is 13.1. The number of benzene rings is 1. The zero-order valence-corrected chi connectivity index (χ0v) is 10.3. The number of rotatable bonds is 3. The van der Waals surface area contributed by atoms with E-state index in [1.54, 1.807) is 31.3 Å². The van der Waals surface area contributed by atoms with Crippen molar-refractivity contribution in [3.8, 4) is 0 Å². The van der Waals surface area contributed by atoms with Gasteiger partial charge in [-0.3, -0.25) is 5.84 Å². The molecule has 0 aliphatic heterocycles. The van der Waals surface area contributed by atoms with Crippen LogP contribution >= 0.6 is 0 Å². The van der Waals surface area contributed by atoms with Crippen LogP contribution < -0.4 is 11.3 Å². The van der Waals surface area contributed by atoms with E-state index in [0.717, 1.165) is 5.56 Å². The number of hydrogen-bond acceptors (Lipinski definition) is 4. The van der Waals surface area contributed by atoms with Crippen molar-refractivity contribution < 1.29 is 4.39 Å². The van der Waals surface area contributed by atoms with Crippen molar-refractivity contribution >= 4 is 0 Å². The van der Waals surface area contributed by atoms with Gasteiger partial charge in [-0.05, 0) is 26.0 Å². The Hall–Kier alpha value is -1.85. The van der Waals surface area contributed by atoms with Crippen LogP contribution in [0.5, 0.6) is 0 Å². The summed E-state index contributed by atoms with van der Waals surface area (Å²) in [7, 11) is 0. The van der Waals surface area contributed by atoms with Crippen LogP contribution in [0.15, 0.2) is 30.5 Å². The monoisotopic (exact) mass is 246 g/mol. The average Bonchev–Trinajstić information content (AvgIpc) is 2.35. The molecule has 1 heterocycles. The summed E-state index contributed by atoms with van der Waals surface area (Å²) < 4.78 is 13.9. The van der Waals surface area contributed by atoms with Gasteiger partial charge in [0.1, 0.15) is 11.6 Å². The van der Waals surface area contributed by atoms with Gasteiger partial charge in [0.2, 0.25) is 0 Å². The van der Waals surface area contributed by atoms with Gasteiger partial charge in [0.25, 0.3) is 0 Å². The normalized spacial score (nSPS) is 12.4. The second-order valence-corrected chi connectivity index (χ2v) is 4.15.